The lowest BCUT2D eigenvalue weighted by Crippen LogP contribution is -1.89. The lowest BCUT2D eigenvalue weighted by atomic mass is 10.1. The summed E-state index contributed by atoms with van der Waals surface area (Å²) in [4.78, 5) is 4.22. The third-order valence-electron chi connectivity index (χ3n) is 2.22. The molecule has 2 aromatic rings. The molecule has 0 bridgehead atoms. The molecule has 76 valence electrons. The number of nitrogens with two attached hydrogens (primary N) is 1. The van der Waals surface area contributed by atoms with Crippen LogP contribution in [0.4, 0.5) is 5.69 Å². The van der Waals surface area contributed by atoms with Crippen LogP contribution in [0.5, 0.6) is 0 Å². The van der Waals surface area contributed by atoms with Gasteiger partial charge in [0.25, 0.3) is 0 Å². The van der Waals surface area contributed by atoms with Crippen molar-refractivity contribution >= 4 is 5.69 Å². The molecule has 0 fully saturated rings. The average molecular weight is 200 g/mol. The Morgan fingerprint density at radius 2 is 1.87 bits per heavy atom. The first-order valence-corrected chi connectivity index (χ1v) is 4.71. The van der Waals surface area contributed by atoms with Crippen LogP contribution < -0.4 is 5.73 Å². The molecule has 15 heavy (non-hydrogen) atoms. The SMILES string of the molecule is Nc1ccnc(-c2ccc(CO)cc2)c1. The molecule has 0 unspecified atom stereocenters. The molecule has 1 aromatic heterocycles. The maximum atomic E-state index is 8.91. The Hall–Kier alpha value is -1.87. The molecule has 0 radical (unpaired) electrons. The largest absolute Gasteiger partial charge is 0.399 e. The zero-order chi connectivity index (χ0) is 10.7. The molecule has 0 saturated heterocycles. The van der Waals surface area contributed by atoms with Crippen molar-refractivity contribution in [2.75, 3.05) is 5.73 Å². The van der Waals surface area contributed by atoms with E-state index < -0.39 is 0 Å². The molecule has 3 heteroatoms. The molecule has 2 rings (SSSR count). The van der Waals surface area contributed by atoms with Crippen molar-refractivity contribution in [2.24, 2.45) is 0 Å². The van der Waals surface area contributed by atoms with Gasteiger partial charge in [-0.25, -0.2) is 0 Å². The highest BCUT2D eigenvalue weighted by Crippen LogP contribution is 2.19. The Morgan fingerprint density at radius 3 is 2.47 bits per heavy atom. The summed E-state index contributed by atoms with van der Waals surface area (Å²) in [5.74, 6) is 0. The van der Waals surface area contributed by atoms with E-state index in [4.69, 9.17) is 10.8 Å². The minimum absolute atomic E-state index is 0.0602. The molecule has 0 aliphatic carbocycles. The van der Waals surface area contributed by atoms with Gasteiger partial charge in [0.05, 0.1) is 12.3 Å². The third kappa shape index (κ3) is 2.14. The molecule has 1 aromatic carbocycles. The normalized spacial score (nSPS) is 10.2. The predicted molar refractivity (Wildman–Crippen MR) is 60.0 cm³/mol. The number of pyridine rings is 1. The second-order valence-electron chi connectivity index (χ2n) is 3.33. The Morgan fingerprint density at radius 1 is 1.13 bits per heavy atom. The van der Waals surface area contributed by atoms with E-state index in [2.05, 4.69) is 4.98 Å². The molecule has 0 aliphatic heterocycles. The number of aromatic nitrogens is 1. The first-order valence-electron chi connectivity index (χ1n) is 4.71. The van der Waals surface area contributed by atoms with E-state index in [1.807, 2.05) is 30.3 Å². The van der Waals surface area contributed by atoms with Gasteiger partial charge < -0.3 is 10.8 Å². The quantitative estimate of drug-likeness (QED) is 0.777. The summed E-state index contributed by atoms with van der Waals surface area (Å²) in [7, 11) is 0. The Kier molecular flexibility index (Phi) is 2.65. The number of hydrogen-bond donors (Lipinski definition) is 2. The molecule has 0 saturated carbocycles. The number of nitrogens with zero attached hydrogens (tertiary/aromatic N) is 1. The van der Waals surface area contributed by atoms with Gasteiger partial charge in [-0.3, -0.25) is 4.98 Å². The van der Waals surface area contributed by atoms with Crippen LogP contribution in [0.25, 0.3) is 11.3 Å². The maximum Gasteiger partial charge on any atom is 0.0722 e. The summed E-state index contributed by atoms with van der Waals surface area (Å²) in [5.41, 5.74) is 9.11. The Balaban J connectivity index is 2.37. The van der Waals surface area contributed by atoms with Crippen molar-refractivity contribution in [3.8, 4) is 11.3 Å². The van der Waals surface area contributed by atoms with Crippen molar-refractivity contribution in [2.45, 2.75) is 6.61 Å². The van der Waals surface area contributed by atoms with Gasteiger partial charge >= 0.3 is 0 Å². The highest BCUT2D eigenvalue weighted by Gasteiger charge is 1.99. The molecule has 0 amide bonds. The zero-order valence-corrected chi connectivity index (χ0v) is 8.22. The van der Waals surface area contributed by atoms with Crippen LogP contribution in [0.3, 0.4) is 0 Å². The maximum absolute atomic E-state index is 8.91. The molecular formula is C12H12N2O. The minimum Gasteiger partial charge on any atom is -0.399 e. The highest BCUT2D eigenvalue weighted by molar-refractivity contribution is 5.63. The van der Waals surface area contributed by atoms with Gasteiger partial charge in [0.15, 0.2) is 0 Å². The van der Waals surface area contributed by atoms with Gasteiger partial charge in [-0.1, -0.05) is 24.3 Å². The highest BCUT2D eigenvalue weighted by atomic mass is 16.3. The van der Waals surface area contributed by atoms with Crippen molar-refractivity contribution in [3.05, 3.63) is 48.2 Å². The lowest BCUT2D eigenvalue weighted by Gasteiger charge is -2.02. The number of hydrogen-bond acceptors (Lipinski definition) is 3. The van der Waals surface area contributed by atoms with Crippen LogP contribution in [-0.4, -0.2) is 10.1 Å². The van der Waals surface area contributed by atoms with E-state index in [0.29, 0.717) is 5.69 Å². The summed E-state index contributed by atoms with van der Waals surface area (Å²) >= 11 is 0. The van der Waals surface area contributed by atoms with Crippen LogP contribution in [0.1, 0.15) is 5.56 Å². The standard InChI is InChI=1S/C12H12N2O/c13-11-5-6-14-12(7-11)10-3-1-9(8-15)2-4-10/h1-7,15H,8H2,(H2,13,14). The Labute approximate surface area is 88.2 Å². The van der Waals surface area contributed by atoms with Gasteiger partial charge in [-0.05, 0) is 17.7 Å². The Bertz CT molecular complexity index is 451. The smallest absolute Gasteiger partial charge is 0.0722 e. The van der Waals surface area contributed by atoms with Crippen LogP contribution >= 0.6 is 0 Å². The van der Waals surface area contributed by atoms with E-state index >= 15 is 0 Å². The molecule has 3 N–H and O–H groups in total. The van der Waals surface area contributed by atoms with Gasteiger partial charge in [0.2, 0.25) is 0 Å². The summed E-state index contributed by atoms with van der Waals surface area (Å²) in [6.07, 6.45) is 1.69. The molecule has 0 spiro atoms. The fourth-order valence-corrected chi connectivity index (χ4v) is 1.39. The topological polar surface area (TPSA) is 59.1 Å². The van der Waals surface area contributed by atoms with Gasteiger partial charge in [0.1, 0.15) is 0 Å². The second kappa shape index (κ2) is 4.11. The first kappa shape index (κ1) is 9.68. The number of aliphatic hydroxyl groups is 1. The minimum atomic E-state index is 0.0602. The van der Waals surface area contributed by atoms with Crippen LogP contribution in [0, 0.1) is 0 Å². The fraction of sp³-hybridized carbons (Fsp3) is 0.0833. The molecule has 1 heterocycles. The first-order chi connectivity index (χ1) is 7.29. The monoisotopic (exact) mass is 200 g/mol. The summed E-state index contributed by atoms with van der Waals surface area (Å²) in [6.45, 7) is 0.0602. The van der Waals surface area contributed by atoms with E-state index in [1.165, 1.54) is 0 Å². The molecule has 3 nitrogen and oxygen atoms in total. The van der Waals surface area contributed by atoms with E-state index in [-0.39, 0.29) is 6.61 Å². The number of benzene rings is 1. The summed E-state index contributed by atoms with van der Waals surface area (Å²) < 4.78 is 0. The number of anilines is 1. The predicted octanol–water partition coefficient (Wildman–Crippen LogP) is 1.82. The van der Waals surface area contributed by atoms with Crippen molar-refractivity contribution in [1.29, 1.82) is 0 Å². The average Bonchev–Trinajstić information content (AvgIpc) is 2.29. The fourth-order valence-electron chi connectivity index (χ4n) is 1.39. The number of rotatable bonds is 2. The van der Waals surface area contributed by atoms with Crippen molar-refractivity contribution < 1.29 is 5.11 Å². The van der Waals surface area contributed by atoms with Crippen molar-refractivity contribution in [1.82, 2.24) is 4.98 Å². The van der Waals surface area contributed by atoms with E-state index in [1.54, 1.807) is 12.3 Å². The second-order valence-corrected chi connectivity index (χ2v) is 3.33. The van der Waals surface area contributed by atoms with Crippen molar-refractivity contribution in [3.63, 3.8) is 0 Å². The van der Waals surface area contributed by atoms with Gasteiger partial charge in [-0.2, -0.15) is 0 Å². The van der Waals surface area contributed by atoms with Gasteiger partial charge in [0, 0.05) is 17.4 Å². The summed E-state index contributed by atoms with van der Waals surface area (Å²) in [5, 5.41) is 8.91. The van der Waals surface area contributed by atoms with E-state index in [0.717, 1.165) is 16.8 Å². The van der Waals surface area contributed by atoms with E-state index in [9.17, 15) is 0 Å². The zero-order valence-electron chi connectivity index (χ0n) is 8.22. The molecule has 0 aliphatic rings. The number of nitrogen functional groups attached to an aromatic ring is 1. The number of aliphatic hydroxyl groups excluding tert-OH is 1. The van der Waals surface area contributed by atoms with Gasteiger partial charge in [-0.15, -0.1) is 0 Å². The van der Waals surface area contributed by atoms with Crippen LogP contribution in [0.15, 0.2) is 42.6 Å². The summed E-state index contributed by atoms with van der Waals surface area (Å²) in [6, 6.07) is 11.2. The molecular weight excluding hydrogens is 188 g/mol. The van der Waals surface area contributed by atoms with Crippen LogP contribution in [-0.2, 0) is 6.61 Å². The molecule has 0 atom stereocenters. The van der Waals surface area contributed by atoms with Crippen LogP contribution in [0.2, 0.25) is 0 Å². The third-order valence-corrected chi connectivity index (χ3v) is 2.22. The lowest BCUT2D eigenvalue weighted by molar-refractivity contribution is 0.282.